The van der Waals surface area contributed by atoms with Gasteiger partial charge in [0.2, 0.25) is 0 Å². The van der Waals surface area contributed by atoms with Crippen LogP contribution in [0.3, 0.4) is 0 Å². The number of esters is 2. The van der Waals surface area contributed by atoms with E-state index < -0.39 is 0 Å². The quantitative estimate of drug-likeness (QED) is 0.0478. The summed E-state index contributed by atoms with van der Waals surface area (Å²) in [6.07, 6.45) is 36.2. The van der Waals surface area contributed by atoms with Crippen LogP contribution in [0.5, 0.6) is 0 Å². The van der Waals surface area contributed by atoms with E-state index in [1.807, 2.05) is 12.2 Å². The molecule has 0 heterocycles. The van der Waals surface area contributed by atoms with Crippen LogP contribution in [0.15, 0.2) is 24.3 Å². The Hall–Kier alpha value is -1.62. The molecule has 0 saturated heterocycles. The van der Waals surface area contributed by atoms with Crippen LogP contribution >= 0.6 is 0 Å². The van der Waals surface area contributed by atoms with Gasteiger partial charge in [0.1, 0.15) is 13.2 Å². The molecule has 0 saturated carbocycles. The number of hydrogen-bond donors (Lipinski definition) is 1. The van der Waals surface area contributed by atoms with Crippen molar-refractivity contribution in [2.24, 2.45) is 0 Å². The minimum absolute atomic E-state index is 0.0827. The molecule has 42 heavy (non-hydrogen) atoms. The summed E-state index contributed by atoms with van der Waals surface area (Å²) in [5, 5.41) is 10.2. The van der Waals surface area contributed by atoms with Gasteiger partial charge in [-0.15, -0.1) is 0 Å². The number of ether oxygens (including phenoxy) is 2. The number of hydrogen-bond acceptors (Lipinski definition) is 5. The molecule has 0 aromatic carbocycles. The lowest BCUT2D eigenvalue weighted by Crippen LogP contribution is -2.06. The Labute approximate surface area is 260 Å². The highest BCUT2D eigenvalue weighted by atomic mass is 16.5. The number of allylic oxidation sites excluding steroid dienone is 2. The number of rotatable bonds is 32. The lowest BCUT2D eigenvalue weighted by molar-refractivity contribution is -0.143. The Balaban J connectivity index is 3.37. The summed E-state index contributed by atoms with van der Waals surface area (Å²) in [5.41, 5.74) is 0. The minimum atomic E-state index is -0.176. The standard InChI is InChI=1S/C37H68O5/c1-3-5-7-9-15-21-27-33-41-36(39)31-25-19-13-11-17-23-29-35(38)30-24-18-12-14-20-26-32-37(40)42-34-28-22-16-10-8-6-4-2/h21-22,27-28,35,38H,3-20,23-26,29-34H2,1-2H3/b27-21+,28-22+. The summed E-state index contributed by atoms with van der Waals surface area (Å²) >= 11 is 0. The minimum Gasteiger partial charge on any atom is -0.461 e. The van der Waals surface area contributed by atoms with Crippen LogP contribution in [0, 0.1) is 0 Å². The smallest absolute Gasteiger partial charge is 0.306 e. The van der Waals surface area contributed by atoms with E-state index in [1.54, 1.807) is 0 Å². The lowest BCUT2D eigenvalue weighted by Gasteiger charge is -2.10. The van der Waals surface area contributed by atoms with E-state index in [9.17, 15) is 14.7 Å². The van der Waals surface area contributed by atoms with Gasteiger partial charge >= 0.3 is 11.9 Å². The van der Waals surface area contributed by atoms with E-state index in [0.29, 0.717) is 26.1 Å². The molecule has 0 amide bonds. The highest BCUT2D eigenvalue weighted by Crippen LogP contribution is 2.15. The van der Waals surface area contributed by atoms with Crippen LogP contribution in [0.1, 0.15) is 181 Å². The van der Waals surface area contributed by atoms with Gasteiger partial charge < -0.3 is 14.6 Å². The highest BCUT2D eigenvalue weighted by molar-refractivity contribution is 5.69. The number of carbonyl (C=O) groups excluding carboxylic acids is 2. The monoisotopic (exact) mass is 593 g/mol. The maximum absolute atomic E-state index is 11.8. The van der Waals surface area contributed by atoms with Gasteiger partial charge in [-0.2, -0.15) is 0 Å². The molecule has 0 aliphatic rings. The van der Waals surface area contributed by atoms with Crippen molar-refractivity contribution in [1.29, 1.82) is 0 Å². The van der Waals surface area contributed by atoms with Crippen LogP contribution in [-0.2, 0) is 19.1 Å². The van der Waals surface area contributed by atoms with Crippen LogP contribution < -0.4 is 0 Å². The number of aliphatic hydroxyl groups excluding tert-OH is 1. The van der Waals surface area contributed by atoms with Gasteiger partial charge in [0.15, 0.2) is 0 Å². The van der Waals surface area contributed by atoms with E-state index in [4.69, 9.17) is 9.47 Å². The van der Waals surface area contributed by atoms with Crippen molar-refractivity contribution < 1.29 is 24.2 Å². The topological polar surface area (TPSA) is 72.8 Å². The summed E-state index contributed by atoms with van der Waals surface area (Å²) in [4.78, 5) is 23.6. The Bertz CT molecular complexity index is 588. The van der Waals surface area contributed by atoms with E-state index >= 15 is 0 Å². The Morgan fingerprint density at radius 3 is 1.26 bits per heavy atom. The fraction of sp³-hybridized carbons (Fsp3) is 0.838. The molecule has 0 fully saturated rings. The second-order valence-corrected chi connectivity index (χ2v) is 12.0. The molecule has 0 unspecified atom stereocenters. The van der Waals surface area contributed by atoms with Crippen LogP contribution in [0.25, 0.3) is 0 Å². The average molecular weight is 593 g/mol. The molecule has 0 atom stereocenters. The number of carbonyl (C=O) groups is 2. The fourth-order valence-electron chi connectivity index (χ4n) is 5.03. The predicted molar refractivity (Wildman–Crippen MR) is 178 cm³/mol. The molecule has 0 radical (unpaired) electrons. The molecule has 0 spiro atoms. The van der Waals surface area contributed by atoms with Crippen LogP contribution in [0.2, 0.25) is 0 Å². The van der Waals surface area contributed by atoms with Gasteiger partial charge in [-0.1, -0.05) is 141 Å². The van der Waals surface area contributed by atoms with Crippen LogP contribution in [-0.4, -0.2) is 36.4 Å². The third-order valence-electron chi connectivity index (χ3n) is 7.80. The average Bonchev–Trinajstić information content (AvgIpc) is 2.98. The first-order chi connectivity index (χ1) is 20.6. The van der Waals surface area contributed by atoms with Gasteiger partial charge in [-0.05, 0) is 51.4 Å². The molecular formula is C37H68O5. The van der Waals surface area contributed by atoms with E-state index in [2.05, 4.69) is 26.0 Å². The summed E-state index contributed by atoms with van der Waals surface area (Å²) < 4.78 is 10.5. The Kier molecular flexibility index (Phi) is 32.6. The summed E-state index contributed by atoms with van der Waals surface area (Å²) in [7, 11) is 0. The molecule has 1 N–H and O–H groups in total. The zero-order chi connectivity index (χ0) is 30.8. The van der Waals surface area contributed by atoms with E-state index in [0.717, 1.165) is 89.9 Å². The molecule has 0 aliphatic carbocycles. The molecule has 0 bridgehead atoms. The van der Waals surface area contributed by atoms with Crippen molar-refractivity contribution in [2.45, 2.75) is 187 Å². The summed E-state index contributed by atoms with van der Waals surface area (Å²) in [6.45, 7) is 5.25. The van der Waals surface area contributed by atoms with Gasteiger partial charge in [-0.25, -0.2) is 0 Å². The maximum atomic E-state index is 11.8. The van der Waals surface area contributed by atoms with Crippen molar-refractivity contribution in [1.82, 2.24) is 0 Å². The molecular weight excluding hydrogens is 524 g/mol. The summed E-state index contributed by atoms with van der Waals surface area (Å²) in [6, 6.07) is 0. The molecule has 0 rings (SSSR count). The largest absolute Gasteiger partial charge is 0.461 e. The number of aliphatic hydroxyl groups is 1. The lowest BCUT2D eigenvalue weighted by atomic mass is 10.0. The maximum Gasteiger partial charge on any atom is 0.306 e. The third-order valence-corrected chi connectivity index (χ3v) is 7.80. The second-order valence-electron chi connectivity index (χ2n) is 12.0. The van der Waals surface area contributed by atoms with Crippen molar-refractivity contribution in [3.05, 3.63) is 24.3 Å². The second kappa shape index (κ2) is 33.9. The molecule has 0 aromatic rings. The van der Waals surface area contributed by atoms with Gasteiger partial charge in [0, 0.05) is 12.8 Å². The van der Waals surface area contributed by atoms with Crippen LogP contribution in [0.4, 0.5) is 0 Å². The fourth-order valence-corrected chi connectivity index (χ4v) is 5.03. The normalized spacial score (nSPS) is 11.7. The zero-order valence-electron chi connectivity index (χ0n) is 27.8. The van der Waals surface area contributed by atoms with Crippen molar-refractivity contribution in [3.63, 3.8) is 0 Å². The van der Waals surface area contributed by atoms with Crippen molar-refractivity contribution >= 4 is 11.9 Å². The van der Waals surface area contributed by atoms with E-state index in [1.165, 1.54) is 64.2 Å². The SMILES string of the molecule is CCCCCC/C=C/COC(=O)CCCCCCCCC(O)CCCCCCCCC(=O)OC/C=C/CCCCCC. The first-order valence-electron chi connectivity index (χ1n) is 17.9. The highest BCUT2D eigenvalue weighted by Gasteiger charge is 2.05. The molecule has 5 nitrogen and oxygen atoms in total. The van der Waals surface area contributed by atoms with Gasteiger partial charge in [0.25, 0.3) is 0 Å². The molecule has 246 valence electrons. The molecule has 0 aliphatic heterocycles. The van der Waals surface area contributed by atoms with Gasteiger partial charge in [-0.3, -0.25) is 9.59 Å². The Morgan fingerprint density at radius 2 is 0.857 bits per heavy atom. The first kappa shape index (κ1) is 40.4. The zero-order valence-corrected chi connectivity index (χ0v) is 27.8. The first-order valence-corrected chi connectivity index (χ1v) is 17.9. The molecule has 0 aromatic heterocycles. The van der Waals surface area contributed by atoms with Crippen molar-refractivity contribution in [3.8, 4) is 0 Å². The third kappa shape index (κ3) is 32.9. The predicted octanol–water partition coefficient (Wildman–Crippen LogP) is 10.7. The summed E-state index contributed by atoms with van der Waals surface area (Å²) in [5.74, 6) is -0.165. The Morgan fingerprint density at radius 1 is 0.500 bits per heavy atom. The van der Waals surface area contributed by atoms with Gasteiger partial charge in [0.05, 0.1) is 6.10 Å². The van der Waals surface area contributed by atoms with E-state index in [-0.39, 0.29) is 18.0 Å². The van der Waals surface area contributed by atoms with Crippen molar-refractivity contribution in [2.75, 3.05) is 13.2 Å². The number of unbranched alkanes of at least 4 members (excludes halogenated alkanes) is 18. The molecule has 5 heteroatoms.